The van der Waals surface area contributed by atoms with Crippen molar-refractivity contribution in [1.82, 2.24) is 14.9 Å². The highest BCUT2D eigenvalue weighted by atomic mass is 16.2. The lowest BCUT2D eigenvalue weighted by molar-refractivity contribution is 0.0677. The Hall–Kier alpha value is -2.95. The van der Waals surface area contributed by atoms with Crippen molar-refractivity contribution in [1.29, 1.82) is 0 Å². The van der Waals surface area contributed by atoms with E-state index in [1.165, 1.54) is 6.42 Å². The van der Waals surface area contributed by atoms with E-state index in [9.17, 15) is 4.79 Å². The molecule has 5 nitrogen and oxygen atoms in total. The number of carbonyl (C=O) groups excluding carboxylic acids is 1. The predicted octanol–water partition coefficient (Wildman–Crippen LogP) is 4.25. The van der Waals surface area contributed by atoms with E-state index in [1.807, 2.05) is 41.3 Å². The number of nitrogens with one attached hydrogen (secondary N) is 1. The third-order valence-electron chi connectivity index (χ3n) is 4.84. The van der Waals surface area contributed by atoms with Crippen molar-refractivity contribution < 1.29 is 4.79 Å². The summed E-state index contributed by atoms with van der Waals surface area (Å²) in [5.41, 5.74) is 3.18. The summed E-state index contributed by atoms with van der Waals surface area (Å²) in [5.74, 6) is 0.586. The Morgan fingerprint density at radius 1 is 1.15 bits per heavy atom. The number of fused-ring (bicyclic) bond motifs is 1. The van der Waals surface area contributed by atoms with E-state index in [4.69, 9.17) is 0 Å². The smallest absolute Gasteiger partial charge is 0.272 e. The summed E-state index contributed by atoms with van der Waals surface area (Å²) < 4.78 is 0. The van der Waals surface area contributed by atoms with Gasteiger partial charge in [-0.3, -0.25) is 9.78 Å². The summed E-state index contributed by atoms with van der Waals surface area (Å²) in [7, 11) is 0. The van der Waals surface area contributed by atoms with Gasteiger partial charge in [0.1, 0.15) is 5.69 Å². The highest BCUT2D eigenvalue weighted by molar-refractivity contribution is 5.93. The van der Waals surface area contributed by atoms with Crippen LogP contribution in [0, 0.1) is 5.92 Å². The van der Waals surface area contributed by atoms with E-state index in [0.717, 1.165) is 41.8 Å². The lowest BCUT2D eigenvalue weighted by Crippen LogP contribution is -2.39. The van der Waals surface area contributed by atoms with Crippen LogP contribution in [0.4, 0.5) is 11.4 Å². The second-order valence-corrected chi connectivity index (χ2v) is 6.94. The molecular formula is C21H22N4O. The molecule has 0 bridgehead atoms. The standard InChI is InChI=1S/C21H22N4O/c1-15-5-4-12-25(14-15)21(26)19-10-9-17(13-23-19)24-18-8-2-6-16-7-3-11-22-20(16)18/h2-3,6-11,13,15,24H,4-5,12,14H2,1H3. The average molecular weight is 346 g/mol. The zero-order valence-corrected chi connectivity index (χ0v) is 14.9. The Morgan fingerprint density at radius 3 is 2.85 bits per heavy atom. The lowest BCUT2D eigenvalue weighted by Gasteiger charge is -2.30. The molecule has 1 saturated heterocycles. The minimum atomic E-state index is 0.0231. The number of aromatic nitrogens is 2. The van der Waals surface area contributed by atoms with Crippen LogP contribution in [0.5, 0.6) is 0 Å². The van der Waals surface area contributed by atoms with Crippen molar-refractivity contribution in [3.8, 4) is 0 Å². The molecule has 26 heavy (non-hydrogen) atoms. The molecule has 4 rings (SSSR count). The Bertz CT molecular complexity index is 917. The second-order valence-electron chi connectivity index (χ2n) is 6.94. The first-order chi connectivity index (χ1) is 12.7. The van der Waals surface area contributed by atoms with E-state index in [1.54, 1.807) is 18.5 Å². The van der Waals surface area contributed by atoms with Gasteiger partial charge in [-0.25, -0.2) is 4.98 Å². The fourth-order valence-corrected chi connectivity index (χ4v) is 3.49. The van der Waals surface area contributed by atoms with Crippen molar-refractivity contribution in [3.63, 3.8) is 0 Å². The highest BCUT2D eigenvalue weighted by Crippen LogP contribution is 2.24. The van der Waals surface area contributed by atoms with E-state index in [2.05, 4.69) is 22.2 Å². The molecule has 1 N–H and O–H groups in total. The molecule has 5 heteroatoms. The van der Waals surface area contributed by atoms with Gasteiger partial charge in [0.15, 0.2) is 0 Å². The minimum Gasteiger partial charge on any atom is -0.352 e. The molecule has 1 amide bonds. The molecule has 132 valence electrons. The van der Waals surface area contributed by atoms with Crippen LogP contribution in [-0.4, -0.2) is 33.9 Å². The number of piperidine rings is 1. The molecule has 1 aromatic carbocycles. The van der Waals surface area contributed by atoms with E-state index < -0.39 is 0 Å². The number of pyridine rings is 2. The molecule has 0 saturated carbocycles. The normalized spacial score (nSPS) is 17.3. The van der Waals surface area contributed by atoms with Crippen LogP contribution in [-0.2, 0) is 0 Å². The quantitative estimate of drug-likeness (QED) is 0.770. The first-order valence-corrected chi connectivity index (χ1v) is 9.07. The minimum absolute atomic E-state index is 0.0231. The molecule has 0 radical (unpaired) electrons. The van der Waals surface area contributed by atoms with E-state index in [0.29, 0.717) is 11.6 Å². The zero-order chi connectivity index (χ0) is 17.9. The predicted molar refractivity (Wildman–Crippen MR) is 104 cm³/mol. The Labute approximate surface area is 153 Å². The summed E-state index contributed by atoms with van der Waals surface area (Å²) in [5, 5.41) is 4.43. The molecule has 2 aromatic heterocycles. The van der Waals surface area contributed by atoms with Gasteiger partial charge >= 0.3 is 0 Å². The summed E-state index contributed by atoms with van der Waals surface area (Å²) in [6, 6.07) is 13.7. The van der Waals surface area contributed by atoms with Crippen LogP contribution in [0.25, 0.3) is 10.9 Å². The summed E-state index contributed by atoms with van der Waals surface area (Å²) >= 11 is 0. The van der Waals surface area contributed by atoms with Crippen LogP contribution in [0.1, 0.15) is 30.3 Å². The van der Waals surface area contributed by atoms with E-state index in [-0.39, 0.29) is 5.91 Å². The first-order valence-electron chi connectivity index (χ1n) is 9.07. The van der Waals surface area contributed by atoms with Crippen molar-refractivity contribution in [3.05, 3.63) is 60.6 Å². The van der Waals surface area contributed by atoms with Crippen LogP contribution < -0.4 is 5.32 Å². The van der Waals surface area contributed by atoms with Crippen molar-refractivity contribution in [2.45, 2.75) is 19.8 Å². The van der Waals surface area contributed by atoms with Crippen molar-refractivity contribution in [2.24, 2.45) is 5.92 Å². The van der Waals surface area contributed by atoms with Crippen molar-refractivity contribution in [2.75, 3.05) is 18.4 Å². The lowest BCUT2D eigenvalue weighted by atomic mass is 10.00. The van der Waals surface area contributed by atoms with Gasteiger partial charge in [-0.1, -0.05) is 25.1 Å². The van der Waals surface area contributed by atoms with E-state index >= 15 is 0 Å². The number of rotatable bonds is 3. The number of para-hydroxylation sites is 1. The molecular weight excluding hydrogens is 324 g/mol. The zero-order valence-electron chi connectivity index (χ0n) is 14.9. The number of carbonyl (C=O) groups is 1. The fraction of sp³-hybridized carbons (Fsp3) is 0.286. The maximum atomic E-state index is 12.6. The molecule has 0 spiro atoms. The topological polar surface area (TPSA) is 58.1 Å². The maximum absolute atomic E-state index is 12.6. The van der Waals surface area contributed by atoms with Gasteiger partial charge in [-0.2, -0.15) is 0 Å². The van der Waals surface area contributed by atoms with Gasteiger partial charge in [0, 0.05) is 24.7 Å². The summed E-state index contributed by atoms with van der Waals surface area (Å²) in [4.78, 5) is 23.4. The van der Waals surface area contributed by atoms with Gasteiger partial charge in [0.2, 0.25) is 0 Å². The monoisotopic (exact) mass is 346 g/mol. The van der Waals surface area contributed by atoms with Crippen molar-refractivity contribution >= 4 is 28.2 Å². The van der Waals surface area contributed by atoms with Crippen LogP contribution >= 0.6 is 0 Å². The van der Waals surface area contributed by atoms with Crippen LogP contribution in [0.2, 0.25) is 0 Å². The number of benzene rings is 1. The van der Waals surface area contributed by atoms with Gasteiger partial charge in [0.05, 0.1) is 23.1 Å². The molecule has 3 heterocycles. The molecule has 1 unspecified atom stereocenters. The number of amides is 1. The highest BCUT2D eigenvalue weighted by Gasteiger charge is 2.22. The number of likely N-dealkylation sites (tertiary alicyclic amines) is 1. The van der Waals surface area contributed by atoms with Crippen LogP contribution in [0.3, 0.4) is 0 Å². The first kappa shape index (κ1) is 16.5. The third-order valence-corrected chi connectivity index (χ3v) is 4.84. The molecule has 1 aliphatic rings. The molecule has 1 fully saturated rings. The second kappa shape index (κ2) is 7.12. The SMILES string of the molecule is CC1CCCN(C(=O)c2ccc(Nc3cccc4cccnc34)cn2)C1. The number of hydrogen-bond donors (Lipinski definition) is 1. The van der Waals surface area contributed by atoms with Crippen LogP contribution in [0.15, 0.2) is 54.9 Å². The Balaban J connectivity index is 1.51. The average Bonchev–Trinajstić information content (AvgIpc) is 2.68. The summed E-state index contributed by atoms with van der Waals surface area (Å²) in [6.07, 6.45) is 5.76. The van der Waals surface area contributed by atoms with Gasteiger partial charge in [0.25, 0.3) is 5.91 Å². The molecule has 1 atom stereocenters. The number of nitrogens with zero attached hydrogens (tertiary/aromatic N) is 3. The number of hydrogen-bond acceptors (Lipinski definition) is 4. The molecule has 1 aliphatic heterocycles. The number of anilines is 2. The van der Waals surface area contributed by atoms with Gasteiger partial charge < -0.3 is 10.2 Å². The van der Waals surface area contributed by atoms with Gasteiger partial charge in [-0.15, -0.1) is 0 Å². The Morgan fingerprint density at radius 2 is 2.04 bits per heavy atom. The molecule has 3 aromatic rings. The fourth-order valence-electron chi connectivity index (χ4n) is 3.49. The Kier molecular flexibility index (Phi) is 4.52. The summed E-state index contributed by atoms with van der Waals surface area (Å²) in [6.45, 7) is 3.84. The largest absolute Gasteiger partial charge is 0.352 e. The van der Waals surface area contributed by atoms with Gasteiger partial charge in [-0.05, 0) is 43.0 Å². The molecule has 0 aliphatic carbocycles. The third kappa shape index (κ3) is 3.38. The maximum Gasteiger partial charge on any atom is 0.272 e.